The van der Waals surface area contributed by atoms with Crippen molar-refractivity contribution in [2.24, 2.45) is 0 Å². The molecule has 2 aromatic rings. The molecule has 174 valence electrons. The van der Waals surface area contributed by atoms with Gasteiger partial charge in [-0.2, -0.15) is 0 Å². The second-order valence-corrected chi connectivity index (χ2v) is 10.3. The lowest BCUT2D eigenvalue weighted by molar-refractivity contribution is -0.140. The standard InChI is InChI=1S/C23H21Br2NO5S2/c1-3-30-18-11-15(10-17(25)21(18)31-13-14-4-6-16(24)7-5-14)12-19-22(28)26(23(32)33-19)9-8-20(27)29-2/h4-7,10-12H,3,8-9,13H2,1-2H3/b19-12+. The van der Waals surface area contributed by atoms with Crippen molar-refractivity contribution in [3.8, 4) is 11.5 Å². The molecular formula is C23H21Br2NO5S2. The van der Waals surface area contributed by atoms with Crippen LogP contribution in [0.2, 0.25) is 0 Å². The van der Waals surface area contributed by atoms with Crippen LogP contribution in [0.25, 0.3) is 6.08 Å². The van der Waals surface area contributed by atoms with Gasteiger partial charge in [-0.15, -0.1) is 0 Å². The first-order chi connectivity index (χ1) is 15.8. The molecule has 0 aliphatic carbocycles. The number of thioether (sulfide) groups is 1. The molecule has 0 unspecified atom stereocenters. The highest BCUT2D eigenvalue weighted by Gasteiger charge is 2.32. The highest BCUT2D eigenvalue weighted by atomic mass is 79.9. The molecule has 0 spiro atoms. The lowest BCUT2D eigenvalue weighted by atomic mass is 10.1. The number of halogens is 2. The highest BCUT2D eigenvalue weighted by molar-refractivity contribution is 9.10. The van der Waals surface area contributed by atoms with Crippen molar-refractivity contribution in [2.75, 3.05) is 20.3 Å². The summed E-state index contributed by atoms with van der Waals surface area (Å²) in [5, 5.41) is 0. The van der Waals surface area contributed by atoms with Crippen molar-refractivity contribution in [3.63, 3.8) is 0 Å². The van der Waals surface area contributed by atoms with E-state index in [0.717, 1.165) is 15.6 Å². The fourth-order valence-electron chi connectivity index (χ4n) is 2.96. The Morgan fingerprint density at radius 2 is 1.91 bits per heavy atom. The number of nitrogens with zero attached hydrogens (tertiary/aromatic N) is 1. The number of rotatable bonds is 9. The van der Waals surface area contributed by atoms with E-state index in [9.17, 15) is 9.59 Å². The van der Waals surface area contributed by atoms with Gasteiger partial charge in [0.05, 0.1) is 29.5 Å². The molecule has 1 aliphatic heterocycles. The van der Waals surface area contributed by atoms with E-state index in [1.165, 1.54) is 23.8 Å². The zero-order chi connectivity index (χ0) is 24.0. The smallest absolute Gasteiger partial charge is 0.307 e. The summed E-state index contributed by atoms with van der Waals surface area (Å²) in [7, 11) is 1.31. The third kappa shape index (κ3) is 6.81. The minimum Gasteiger partial charge on any atom is -0.490 e. The Labute approximate surface area is 218 Å². The van der Waals surface area contributed by atoms with E-state index >= 15 is 0 Å². The zero-order valence-electron chi connectivity index (χ0n) is 17.9. The van der Waals surface area contributed by atoms with E-state index in [-0.39, 0.29) is 18.9 Å². The van der Waals surface area contributed by atoms with Crippen LogP contribution in [0.4, 0.5) is 0 Å². The number of amides is 1. The van der Waals surface area contributed by atoms with Crippen molar-refractivity contribution in [2.45, 2.75) is 20.0 Å². The van der Waals surface area contributed by atoms with Crippen molar-refractivity contribution in [1.29, 1.82) is 0 Å². The van der Waals surface area contributed by atoms with E-state index in [1.807, 2.05) is 43.3 Å². The number of benzene rings is 2. The zero-order valence-corrected chi connectivity index (χ0v) is 22.7. The van der Waals surface area contributed by atoms with Crippen LogP contribution in [0.15, 0.2) is 50.2 Å². The molecule has 0 bridgehead atoms. The monoisotopic (exact) mass is 613 g/mol. The minimum atomic E-state index is -0.392. The van der Waals surface area contributed by atoms with Gasteiger partial charge in [-0.3, -0.25) is 14.5 Å². The largest absolute Gasteiger partial charge is 0.490 e. The average molecular weight is 615 g/mol. The van der Waals surface area contributed by atoms with E-state index in [4.69, 9.17) is 21.7 Å². The second kappa shape index (κ2) is 12.0. The lowest BCUT2D eigenvalue weighted by Crippen LogP contribution is -2.30. The maximum atomic E-state index is 12.8. The topological polar surface area (TPSA) is 65.1 Å². The summed E-state index contributed by atoms with van der Waals surface area (Å²) in [6, 6.07) is 11.6. The number of thiocarbonyl (C=S) groups is 1. The van der Waals surface area contributed by atoms with Crippen LogP contribution < -0.4 is 9.47 Å². The van der Waals surface area contributed by atoms with Crippen molar-refractivity contribution >= 4 is 78.1 Å². The van der Waals surface area contributed by atoms with Gasteiger partial charge in [0.2, 0.25) is 0 Å². The Kier molecular flexibility index (Phi) is 9.37. The molecular weight excluding hydrogens is 594 g/mol. The van der Waals surface area contributed by atoms with Gasteiger partial charge in [0.15, 0.2) is 11.5 Å². The number of hydrogen-bond acceptors (Lipinski definition) is 7. The molecule has 33 heavy (non-hydrogen) atoms. The third-order valence-electron chi connectivity index (χ3n) is 4.57. The summed E-state index contributed by atoms with van der Waals surface area (Å²) in [5.74, 6) is 0.523. The molecule has 0 aromatic heterocycles. The van der Waals surface area contributed by atoms with Crippen LogP contribution in [0, 0.1) is 0 Å². The number of carbonyl (C=O) groups excluding carboxylic acids is 2. The molecule has 1 heterocycles. The van der Waals surface area contributed by atoms with Gasteiger partial charge < -0.3 is 14.2 Å². The first-order valence-electron chi connectivity index (χ1n) is 9.98. The fourth-order valence-corrected chi connectivity index (χ4v) is 5.11. The fraction of sp³-hybridized carbons (Fsp3) is 0.261. The van der Waals surface area contributed by atoms with Crippen LogP contribution in [-0.2, 0) is 20.9 Å². The van der Waals surface area contributed by atoms with Gasteiger partial charge in [-0.25, -0.2) is 0 Å². The van der Waals surface area contributed by atoms with Crippen LogP contribution >= 0.6 is 55.8 Å². The minimum absolute atomic E-state index is 0.0840. The molecule has 0 atom stereocenters. The van der Waals surface area contributed by atoms with Gasteiger partial charge in [0.1, 0.15) is 10.9 Å². The van der Waals surface area contributed by atoms with Crippen LogP contribution in [0.1, 0.15) is 24.5 Å². The SMILES string of the molecule is CCOc1cc(/C=C2/SC(=S)N(CCC(=O)OC)C2=O)cc(Br)c1OCc1ccc(Br)cc1. The summed E-state index contributed by atoms with van der Waals surface area (Å²) in [6.07, 6.45) is 1.84. The molecule has 2 aromatic carbocycles. The normalized spacial score (nSPS) is 14.7. The summed E-state index contributed by atoms with van der Waals surface area (Å²) in [5.41, 5.74) is 1.78. The molecule has 1 aliphatic rings. The van der Waals surface area contributed by atoms with Crippen LogP contribution in [0.3, 0.4) is 0 Å². The Balaban J connectivity index is 1.80. The van der Waals surface area contributed by atoms with Gasteiger partial charge in [-0.05, 0) is 64.3 Å². The van der Waals surface area contributed by atoms with Crippen molar-refractivity contribution < 1.29 is 23.8 Å². The first kappa shape index (κ1) is 25.7. The Hall–Kier alpha value is -1.88. The van der Waals surface area contributed by atoms with Gasteiger partial charge >= 0.3 is 5.97 Å². The van der Waals surface area contributed by atoms with Gasteiger partial charge in [-0.1, -0.05) is 52.0 Å². The quantitative estimate of drug-likeness (QED) is 0.196. The third-order valence-corrected chi connectivity index (χ3v) is 7.06. The summed E-state index contributed by atoms with van der Waals surface area (Å²) < 4.78 is 18.6. The number of ether oxygens (including phenoxy) is 3. The average Bonchev–Trinajstić information content (AvgIpc) is 3.05. The number of hydrogen-bond donors (Lipinski definition) is 0. The number of esters is 1. The number of methoxy groups -OCH3 is 1. The highest BCUT2D eigenvalue weighted by Crippen LogP contribution is 2.40. The van der Waals surface area contributed by atoms with Crippen molar-refractivity contribution in [1.82, 2.24) is 4.90 Å². The summed E-state index contributed by atoms with van der Waals surface area (Å²) in [6.45, 7) is 2.92. The molecule has 0 radical (unpaired) electrons. The second-order valence-electron chi connectivity index (χ2n) is 6.84. The van der Waals surface area contributed by atoms with E-state index < -0.39 is 5.97 Å². The Morgan fingerprint density at radius 1 is 1.18 bits per heavy atom. The molecule has 10 heteroatoms. The van der Waals surface area contributed by atoms with Crippen LogP contribution in [-0.4, -0.2) is 41.4 Å². The van der Waals surface area contributed by atoms with Gasteiger partial charge in [0.25, 0.3) is 5.91 Å². The lowest BCUT2D eigenvalue weighted by Gasteiger charge is -2.15. The van der Waals surface area contributed by atoms with E-state index in [2.05, 4.69) is 36.6 Å². The predicted molar refractivity (Wildman–Crippen MR) is 140 cm³/mol. The summed E-state index contributed by atoms with van der Waals surface area (Å²) >= 11 is 13.5. The first-order valence-corrected chi connectivity index (χ1v) is 12.8. The van der Waals surface area contributed by atoms with E-state index in [1.54, 1.807) is 6.08 Å². The van der Waals surface area contributed by atoms with Crippen molar-refractivity contribution in [3.05, 3.63) is 61.4 Å². The molecule has 1 fully saturated rings. The Bertz CT molecular complexity index is 1090. The molecule has 1 amide bonds. The van der Waals surface area contributed by atoms with Gasteiger partial charge in [0, 0.05) is 11.0 Å². The maximum absolute atomic E-state index is 12.8. The van der Waals surface area contributed by atoms with Crippen LogP contribution in [0.5, 0.6) is 11.5 Å². The molecule has 3 rings (SSSR count). The molecule has 1 saturated heterocycles. The van der Waals surface area contributed by atoms with E-state index in [0.29, 0.717) is 38.4 Å². The molecule has 0 saturated carbocycles. The molecule has 0 N–H and O–H groups in total. The Morgan fingerprint density at radius 3 is 2.58 bits per heavy atom. The maximum Gasteiger partial charge on any atom is 0.307 e. The predicted octanol–water partition coefficient (Wildman–Crippen LogP) is 5.95. The summed E-state index contributed by atoms with van der Waals surface area (Å²) in [4.78, 5) is 26.1. The number of carbonyl (C=O) groups is 2. The molecule has 6 nitrogen and oxygen atoms in total.